The van der Waals surface area contributed by atoms with Gasteiger partial charge in [-0.05, 0) is 29.7 Å². The lowest BCUT2D eigenvalue weighted by molar-refractivity contribution is -0.137. The Balaban J connectivity index is 2.26. The van der Waals surface area contributed by atoms with Crippen molar-refractivity contribution in [1.82, 2.24) is 4.90 Å². The summed E-state index contributed by atoms with van der Waals surface area (Å²) in [6.07, 6.45) is 4.25. The van der Waals surface area contributed by atoms with Crippen LogP contribution in [-0.2, 0) is 9.53 Å². The van der Waals surface area contributed by atoms with Crippen LogP contribution in [0, 0.1) is 0 Å². The molecule has 2 aromatic rings. The molecular formula is C22H25NO4. The van der Waals surface area contributed by atoms with E-state index in [2.05, 4.69) is 0 Å². The van der Waals surface area contributed by atoms with Crippen molar-refractivity contribution in [3.8, 4) is 16.9 Å². The average Bonchev–Trinajstić information content (AvgIpc) is 2.67. The van der Waals surface area contributed by atoms with Crippen LogP contribution in [0.15, 0.2) is 54.6 Å². The van der Waals surface area contributed by atoms with Gasteiger partial charge in [-0.1, -0.05) is 55.8 Å². The summed E-state index contributed by atoms with van der Waals surface area (Å²) in [6.45, 7) is 2.43. The first-order valence-corrected chi connectivity index (χ1v) is 8.94. The van der Waals surface area contributed by atoms with Crippen molar-refractivity contribution in [2.45, 2.75) is 19.8 Å². The van der Waals surface area contributed by atoms with Gasteiger partial charge < -0.3 is 14.4 Å². The summed E-state index contributed by atoms with van der Waals surface area (Å²) in [4.78, 5) is 25.2. The molecule has 0 aliphatic heterocycles. The number of ether oxygens (including phenoxy) is 2. The molecule has 1 amide bonds. The molecule has 0 saturated heterocycles. The molecule has 2 rings (SSSR count). The van der Waals surface area contributed by atoms with Crippen LogP contribution < -0.4 is 4.74 Å². The van der Waals surface area contributed by atoms with Crippen molar-refractivity contribution >= 4 is 18.1 Å². The number of amides is 1. The highest BCUT2D eigenvalue weighted by molar-refractivity contribution is 5.88. The number of carbonyl (C=O) groups is 2. The molecule has 0 fully saturated rings. The van der Waals surface area contributed by atoms with Crippen LogP contribution in [-0.4, -0.2) is 37.7 Å². The van der Waals surface area contributed by atoms with Crippen LogP contribution in [0.4, 0.5) is 4.79 Å². The Labute approximate surface area is 160 Å². The van der Waals surface area contributed by atoms with E-state index in [1.807, 2.05) is 49.4 Å². The molecule has 0 N–H and O–H groups in total. The van der Waals surface area contributed by atoms with Gasteiger partial charge in [0, 0.05) is 25.7 Å². The molecule has 0 aromatic heterocycles. The molecule has 0 bridgehead atoms. The Morgan fingerprint density at radius 1 is 1.04 bits per heavy atom. The molecule has 5 heteroatoms. The normalized spacial score (nSPS) is 10.6. The van der Waals surface area contributed by atoms with E-state index < -0.39 is 12.1 Å². The molecule has 0 aliphatic rings. The second-order valence-electron chi connectivity index (χ2n) is 6.24. The Hall–Kier alpha value is -3.08. The van der Waals surface area contributed by atoms with Crippen LogP contribution in [0.5, 0.6) is 5.75 Å². The van der Waals surface area contributed by atoms with Gasteiger partial charge in [-0.15, -0.1) is 0 Å². The first-order chi connectivity index (χ1) is 13.0. The van der Waals surface area contributed by atoms with Crippen LogP contribution in [0.3, 0.4) is 0 Å². The lowest BCUT2D eigenvalue weighted by atomic mass is 10.0. The zero-order valence-electron chi connectivity index (χ0n) is 16.0. The number of esters is 1. The summed E-state index contributed by atoms with van der Waals surface area (Å²) in [5.41, 5.74) is 2.55. The number of hydrogen-bond acceptors (Lipinski definition) is 4. The highest BCUT2D eigenvalue weighted by atomic mass is 16.6. The van der Waals surface area contributed by atoms with E-state index in [1.54, 1.807) is 26.2 Å². The Morgan fingerprint density at radius 3 is 2.44 bits per heavy atom. The molecule has 0 saturated carbocycles. The fourth-order valence-corrected chi connectivity index (χ4v) is 2.28. The molecular weight excluding hydrogens is 342 g/mol. The van der Waals surface area contributed by atoms with Crippen molar-refractivity contribution in [3.05, 3.63) is 60.2 Å². The summed E-state index contributed by atoms with van der Waals surface area (Å²) in [7, 11) is 3.23. The van der Waals surface area contributed by atoms with E-state index in [0.29, 0.717) is 17.9 Å². The summed E-state index contributed by atoms with van der Waals surface area (Å²) < 4.78 is 10.6. The minimum Gasteiger partial charge on any atom is -0.463 e. The summed E-state index contributed by atoms with van der Waals surface area (Å²) in [6, 6.07) is 15.3. The van der Waals surface area contributed by atoms with Gasteiger partial charge in [0.05, 0.1) is 6.61 Å². The molecule has 0 unspecified atom stereocenters. The number of unbranched alkanes of at least 4 members (excludes halogenated alkanes) is 1. The fourth-order valence-electron chi connectivity index (χ4n) is 2.28. The molecule has 0 atom stereocenters. The van der Waals surface area contributed by atoms with Crippen molar-refractivity contribution in [2.75, 3.05) is 20.7 Å². The zero-order chi connectivity index (χ0) is 19.6. The van der Waals surface area contributed by atoms with Gasteiger partial charge in [-0.2, -0.15) is 0 Å². The van der Waals surface area contributed by atoms with Crippen molar-refractivity contribution in [1.29, 1.82) is 0 Å². The fraction of sp³-hybridized carbons (Fsp3) is 0.273. The van der Waals surface area contributed by atoms with Gasteiger partial charge in [0.15, 0.2) is 0 Å². The highest BCUT2D eigenvalue weighted by Gasteiger charge is 2.12. The zero-order valence-corrected chi connectivity index (χ0v) is 16.0. The largest absolute Gasteiger partial charge is 0.463 e. The van der Waals surface area contributed by atoms with E-state index in [-0.39, 0.29) is 0 Å². The maximum Gasteiger partial charge on any atom is 0.414 e. The number of rotatable bonds is 7. The second-order valence-corrected chi connectivity index (χ2v) is 6.24. The van der Waals surface area contributed by atoms with Crippen molar-refractivity contribution in [3.63, 3.8) is 0 Å². The third-order valence-corrected chi connectivity index (χ3v) is 3.82. The SMILES string of the molecule is CCCCOC(=O)/C=C\c1ccc(-c2ccccc2)cc1OC(=O)N(C)C. The number of benzene rings is 2. The van der Waals surface area contributed by atoms with Gasteiger partial charge in [-0.25, -0.2) is 9.59 Å². The minimum atomic E-state index is -0.486. The predicted octanol–water partition coefficient (Wildman–Crippen LogP) is 4.77. The lowest BCUT2D eigenvalue weighted by Crippen LogP contribution is -2.25. The van der Waals surface area contributed by atoms with Crippen LogP contribution in [0.1, 0.15) is 25.3 Å². The number of hydrogen-bond donors (Lipinski definition) is 0. The first-order valence-electron chi connectivity index (χ1n) is 8.94. The standard InChI is InChI=1S/C22H25NO4/c1-4-5-15-26-21(24)14-13-18-11-12-19(17-9-7-6-8-10-17)16-20(18)27-22(25)23(2)3/h6-14,16H,4-5,15H2,1-3H3/b14-13-. The molecule has 142 valence electrons. The second kappa shape index (κ2) is 10.2. The Bertz CT molecular complexity index is 797. The van der Waals surface area contributed by atoms with Gasteiger partial charge in [-0.3, -0.25) is 0 Å². The van der Waals surface area contributed by atoms with Gasteiger partial charge >= 0.3 is 12.1 Å². The van der Waals surface area contributed by atoms with Crippen molar-refractivity contribution in [2.24, 2.45) is 0 Å². The van der Waals surface area contributed by atoms with E-state index in [4.69, 9.17) is 9.47 Å². The van der Waals surface area contributed by atoms with Crippen LogP contribution in [0.2, 0.25) is 0 Å². The van der Waals surface area contributed by atoms with Gasteiger partial charge in [0.25, 0.3) is 0 Å². The van der Waals surface area contributed by atoms with Crippen molar-refractivity contribution < 1.29 is 19.1 Å². The quantitative estimate of drug-likeness (QED) is 0.402. The van der Waals surface area contributed by atoms with Crippen LogP contribution in [0.25, 0.3) is 17.2 Å². The first kappa shape index (κ1) is 20.2. The Kier molecular flexibility index (Phi) is 7.62. The highest BCUT2D eigenvalue weighted by Crippen LogP contribution is 2.28. The molecule has 0 spiro atoms. The smallest absolute Gasteiger partial charge is 0.414 e. The monoisotopic (exact) mass is 367 g/mol. The number of carbonyl (C=O) groups excluding carboxylic acids is 2. The summed E-state index contributed by atoms with van der Waals surface area (Å²) >= 11 is 0. The molecule has 0 aliphatic carbocycles. The van der Waals surface area contributed by atoms with Gasteiger partial charge in [0.2, 0.25) is 0 Å². The average molecular weight is 367 g/mol. The van der Waals surface area contributed by atoms with E-state index in [9.17, 15) is 9.59 Å². The third kappa shape index (κ3) is 6.29. The molecule has 5 nitrogen and oxygen atoms in total. The number of nitrogens with zero attached hydrogens (tertiary/aromatic N) is 1. The molecule has 27 heavy (non-hydrogen) atoms. The summed E-state index contributed by atoms with van der Waals surface area (Å²) in [5, 5.41) is 0. The van der Waals surface area contributed by atoms with E-state index in [1.165, 1.54) is 11.0 Å². The minimum absolute atomic E-state index is 0.382. The third-order valence-electron chi connectivity index (χ3n) is 3.82. The van der Waals surface area contributed by atoms with E-state index >= 15 is 0 Å². The predicted molar refractivity (Wildman–Crippen MR) is 106 cm³/mol. The maximum absolute atomic E-state index is 12.0. The molecule has 0 radical (unpaired) electrons. The van der Waals surface area contributed by atoms with Crippen LogP contribution >= 0.6 is 0 Å². The topological polar surface area (TPSA) is 55.8 Å². The lowest BCUT2D eigenvalue weighted by Gasteiger charge is -2.14. The van der Waals surface area contributed by atoms with E-state index in [0.717, 1.165) is 24.0 Å². The summed E-state index contributed by atoms with van der Waals surface area (Å²) in [5.74, 6) is -0.0341. The Morgan fingerprint density at radius 2 is 1.78 bits per heavy atom. The van der Waals surface area contributed by atoms with Gasteiger partial charge in [0.1, 0.15) is 5.75 Å². The maximum atomic E-state index is 12.0. The molecule has 2 aromatic carbocycles. The molecule has 0 heterocycles.